The Morgan fingerprint density at radius 1 is 1.40 bits per heavy atom. The third-order valence-electron chi connectivity index (χ3n) is 1.66. The number of carbonyl (C=O) groups is 1. The molecule has 0 radical (unpaired) electrons. The first-order valence-electron chi connectivity index (χ1n) is 3.63. The summed E-state index contributed by atoms with van der Waals surface area (Å²) >= 11 is 10.5. The van der Waals surface area contributed by atoms with Crippen molar-refractivity contribution in [3.63, 3.8) is 0 Å². The lowest BCUT2D eigenvalue weighted by atomic mass is 10.2. The Bertz CT molecular complexity index is 525. The molecule has 0 bridgehead atoms. The molecule has 0 aromatic heterocycles. The molecule has 0 aliphatic rings. The van der Waals surface area contributed by atoms with Crippen LogP contribution in [0.1, 0.15) is 10.4 Å². The number of benzene rings is 1. The maximum atomic E-state index is 13.3. The molecule has 0 unspecified atom stereocenters. The fourth-order valence-corrected chi connectivity index (χ4v) is 2.43. The first kappa shape index (κ1) is 12.4. The van der Waals surface area contributed by atoms with Gasteiger partial charge < -0.3 is 0 Å². The minimum Gasteiger partial charge on any atom is -0.275 e. The van der Waals surface area contributed by atoms with E-state index in [1.807, 2.05) is 0 Å². The Labute approximate surface area is 95.7 Å². The summed E-state index contributed by atoms with van der Waals surface area (Å²) in [5.74, 6) is -1.13. The summed E-state index contributed by atoms with van der Waals surface area (Å²) in [6, 6.07) is 2.02. The molecule has 82 valence electrons. The first-order valence-corrected chi connectivity index (χ1v) is 6.27. The Morgan fingerprint density at radius 2 is 1.93 bits per heavy atom. The van der Waals surface area contributed by atoms with Crippen molar-refractivity contribution in [3.8, 4) is 0 Å². The van der Waals surface area contributed by atoms with Gasteiger partial charge in [-0.3, -0.25) is 4.79 Å². The topological polar surface area (TPSA) is 51.2 Å². The molecule has 0 N–H and O–H groups in total. The van der Waals surface area contributed by atoms with Gasteiger partial charge in [0, 0.05) is 6.26 Å². The Balaban J connectivity index is 3.55. The summed E-state index contributed by atoms with van der Waals surface area (Å²) in [6.07, 6.45) is 0.885. The molecular formula is C8H5Cl2FO3S. The van der Waals surface area contributed by atoms with Gasteiger partial charge in [-0.2, -0.15) is 0 Å². The predicted molar refractivity (Wildman–Crippen MR) is 54.7 cm³/mol. The second-order valence-electron chi connectivity index (χ2n) is 2.79. The van der Waals surface area contributed by atoms with Gasteiger partial charge >= 0.3 is 0 Å². The molecule has 1 rings (SSSR count). The number of hydrogen-bond donors (Lipinski definition) is 0. The second-order valence-corrected chi connectivity index (χ2v) is 5.49. The fourth-order valence-electron chi connectivity index (χ4n) is 0.970. The monoisotopic (exact) mass is 270 g/mol. The van der Waals surface area contributed by atoms with E-state index < -0.39 is 31.5 Å². The Kier molecular flexibility index (Phi) is 3.38. The van der Waals surface area contributed by atoms with Crippen molar-refractivity contribution < 1.29 is 17.6 Å². The number of rotatable bonds is 2. The van der Waals surface area contributed by atoms with Crippen LogP contribution in [-0.4, -0.2) is 19.9 Å². The van der Waals surface area contributed by atoms with E-state index >= 15 is 0 Å². The van der Waals surface area contributed by atoms with Crippen LogP contribution >= 0.6 is 23.2 Å². The molecule has 0 atom stereocenters. The summed E-state index contributed by atoms with van der Waals surface area (Å²) < 4.78 is 35.6. The predicted octanol–water partition coefficient (Wildman–Crippen LogP) is 2.26. The van der Waals surface area contributed by atoms with Crippen molar-refractivity contribution in [2.24, 2.45) is 0 Å². The first-order chi connectivity index (χ1) is 6.75. The maximum Gasteiger partial charge on any atom is 0.255 e. The molecule has 0 aliphatic heterocycles. The lowest BCUT2D eigenvalue weighted by Crippen LogP contribution is -2.03. The van der Waals surface area contributed by atoms with Gasteiger partial charge in [-0.15, -0.1) is 0 Å². The highest BCUT2D eigenvalue weighted by Gasteiger charge is 2.20. The third-order valence-corrected chi connectivity index (χ3v) is 3.48. The van der Waals surface area contributed by atoms with Crippen LogP contribution in [-0.2, 0) is 9.84 Å². The van der Waals surface area contributed by atoms with E-state index in [1.165, 1.54) is 0 Å². The fraction of sp³-hybridized carbons (Fsp3) is 0.125. The van der Waals surface area contributed by atoms with Crippen LogP contribution in [0.4, 0.5) is 4.39 Å². The van der Waals surface area contributed by atoms with Crippen LogP contribution in [0.15, 0.2) is 17.0 Å². The lowest BCUT2D eigenvalue weighted by molar-refractivity contribution is 0.107. The quantitative estimate of drug-likeness (QED) is 0.775. The van der Waals surface area contributed by atoms with Crippen LogP contribution in [0.3, 0.4) is 0 Å². The van der Waals surface area contributed by atoms with Crippen molar-refractivity contribution in [2.45, 2.75) is 4.90 Å². The molecule has 15 heavy (non-hydrogen) atoms. The van der Waals surface area contributed by atoms with E-state index in [9.17, 15) is 17.6 Å². The van der Waals surface area contributed by atoms with Gasteiger partial charge in [0.15, 0.2) is 15.7 Å². The van der Waals surface area contributed by atoms with Crippen LogP contribution < -0.4 is 0 Å². The summed E-state index contributed by atoms with van der Waals surface area (Å²) in [5.41, 5.74) is -0.450. The van der Waals surface area contributed by atoms with Crippen LogP contribution in [0.25, 0.3) is 0 Å². The minimum atomic E-state index is -3.62. The summed E-state index contributed by atoms with van der Waals surface area (Å²) in [4.78, 5) is 10.3. The third kappa shape index (κ3) is 2.48. The molecule has 0 saturated carbocycles. The van der Waals surface area contributed by atoms with Crippen LogP contribution in [0.2, 0.25) is 5.02 Å². The van der Waals surface area contributed by atoms with E-state index in [-0.39, 0.29) is 4.90 Å². The van der Waals surface area contributed by atoms with E-state index in [1.54, 1.807) is 0 Å². The van der Waals surface area contributed by atoms with E-state index in [4.69, 9.17) is 23.2 Å². The number of sulfone groups is 1. The second kappa shape index (κ2) is 4.08. The van der Waals surface area contributed by atoms with Gasteiger partial charge in [0.05, 0.1) is 15.5 Å². The smallest absolute Gasteiger partial charge is 0.255 e. The van der Waals surface area contributed by atoms with E-state index in [2.05, 4.69) is 0 Å². The molecule has 7 heteroatoms. The lowest BCUT2D eigenvalue weighted by Gasteiger charge is -2.04. The molecule has 0 saturated heterocycles. The molecule has 0 heterocycles. The van der Waals surface area contributed by atoms with Crippen molar-refractivity contribution in [1.82, 2.24) is 0 Å². The van der Waals surface area contributed by atoms with Gasteiger partial charge in [-0.25, -0.2) is 12.8 Å². The van der Waals surface area contributed by atoms with E-state index in [0.29, 0.717) is 0 Å². The average molecular weight is 271 g/mol. The molecule has 3 nitrogen and oxygen atoms in total. The molecular weight excluding hydrogens is 266 g/mol. The highest BCUT2D eigenvalue weighted by atomic mass is 35.5. The molecule has 0 spiro atoms. The number of carbonyl (C=O) groups excluding carboxylic acids is 1. The SMILES string of the molecule is CS(=O)(=O)c1ccc(C(=O)Cl)c(F)c1Cl. The van der Waals surface area contributed by atoms with Gasteiger partial charge in [0.2, 0.25) is 0 Å². The summed E-state index contributed by atoms with van der Waals surface area (Å²) in [5, 5.41) is -1.65. The maximum absolute atomic E-state index is 13.3. The molecule has 1 aromatic carbocycles. The molecule has 0 aliphatic carbocycles. The van der Waals surface area contributed by atoms with Gasteiger partial charge in [-0.1, -0.05) is 11.6 Å². The zero-order valence-corrected chi connectivity index (χ0v) is 9.75. The molecule has 0 fully saturated rings. The number of hydrogen-bond acceptors (Lipinski definition) is 3. The summed E-state index contributed by atoms with van der Waals surface area (Å²) in [7, 11) is -3.62. The summed E-state index contributed by atoms with van der Waals surface area (Å²) in [6.45, 7) is 0. The largest absolute Gasteiger partial charge is 0.275 e. The minimum absolute atomic E-state index is 0.372. The Morgan fingerprint density at radius 3 is 2.33 bits per heavy atom. The van der Waals surface area contributed by atoms with Crippen molar-refractivity contribution in [3.05, 3.63) is 28.5 Å². The Hall–Kier alpha value is -0.650. The van der Waals surface area contributed by atoms with Crippen molar-refractivity contribution in [1.29, 1.82) is 0 Å². The van der Waals surface area contributed by atoms with Gasteiger partial charge in [0.1, 0.15) is 0 Å². The standard InChI is InChI=1S/C8H5Cl2FO3S/c1-15(13,14)5-3-2-4(8(10)12)7(11)6(5)9/h2-3H,1H3. The van der Waals surface area contributed by atoms with E-state index in [0.717, 1.165) is 18.4 Å². The number of halogens is 3. The average Bonchev–Trinajstić information content (AvgIpc) is 2.06. The zero-order valence-electron chi connectivity index (χ0n) is 7.42. The van der Waals surface area contributed by atoms with Crippen LogP contribution in [0.5, 0.6) is 0 Å². The normalized spacial score (nSPS) is 11.5. The highest BCUT2D eigenvalue weighted by molar-refractivity contribution is 7.90. The van der Waals surface area contributed by atoms with Crippen molar-refractivity contribution in [2.75, 3.05) is 6.26 Å². The highest BCUT2D eigenvalue weighted by Crippen LogP contribution is 2.27. The van der Waals surface area contributed by atoms with Gasteiger partial charge in [-0.05, 0) is 23.7 Å². The molecule has 0 amide bonds. The van der Waals surface area contributed by atoms with Crippen molar-refractivity contribution >= 4 is 38.3 Å². The van der Waals surface area contributed by atoms with Gasteiger partial charge in [0.25, 0.3) is 5.24 Å². The zero-order chi connectivity index (χ0) is 11.8. The van der Waals surface area contributed by atoms with Crippen LogP contribution in [0, 0.1) is 5.82 Å². The molecule has 1 aromatic rings.